The average Bonchev–Trinajstić information content (AvgIpc) is 2.47. The van der Waals surface area contributed by atoms with Crippen molar-refractivity contribution in [1.29, 1.82) is 0 Å². The Bertz CT molecular complexity index is 279. The van der Waals surface area contributed by atoms with Gasteiger partial charge < -0.3 is 15.7 Å². The zero-order valence-electron chi connectivity index (χ0n) is 15.2. The van der Waals surface area contributed by atoms with Gasteiger partial charge in [0.05, 0.1) is 0 Å². The number of halogens is 1. The minimum Gasteiger partial charge on any atom is -0.396 e. The van der Waals surface area contributed by atoms with Crippen LogP contribution in [0, 0.1) is 11.3 Å². The fraction of sp³-hybridized carbons (Fsp3) is 0.941. The van der Waals surface area contributed by atoms with Crippen LogP contribution in [0.2, 0.25) is 0 Å². The van der Waals surface area contributed by atoms with Crippen molar-refractivity contribution in [2.24, 2.45) is 16.3 Å². The van der Waals surface area contributed by atoms with Gasteiger partial charge in [0, 0.05) is 26.2 Å². The molecule has 5 heteroatoms. The summed E-state index contributed by atoms with van der Waals surface area (Å²) in [4.78, 5) is 4.75. The van der Waals surface area contributed by atoms with Gasteiger partial charge in [-0.3, -0.25) is 4.99 Å². The number of aliphatic hydroxyl groups is 1. The van der Waals surface area contributed by atoms with Gasteiger partial charge in [-0.05, 0) is 50.4 Å². The smallest absolute Gasteiger partial charge is 0.191 e. The molecule has 22 heavy (non-hydrogen) atoms. The standard InChI is InChI=1S/C17H37N3O.HI/c1-6-17(7-2,11-13-21)14-20-16(18-8-3)19-12-9-10-15(4)5;/h15,21H,6-14H2,1-5H3,(H2,18,19,20);1H. The first kappa shape index (κ1) is 24.2. The van der Waals surface area contributed by atoms with Gasteiger partial charge in [-0.1, -0.05) is 27.7 Å². The van der Waals surface area contributed by atoms with E-state index in [1.165, 1.54) is 12.8 Å². The molecule has 0 atom stereocenters. The summed E-state index contributed by atoms with van der Waals surface area (Å²) >= 11 is 0. The summed E-state index contributed by atoms with van der Waals surface area (Å²) < 4.78 is 0. The lowest BCUT2D eigenvalue weighted by atomic mass is 9.79. The molecule has 0 unspecified atom stereocenters. The van der Waals surface area contributed by atoms with E-state index in [-0.39, 0.29) is 36.0 Å². The molecule has 0 rings (SSSR count). The number of hydrogen-bond acceptors (Lipinski definition) is 2. The van der Waals surface area contributed by atoms with E-state index in [1.807, 2.05) is 0 Å². The van der Waals surface area contributed by atoms with E-state index < -0.39 is 0 Å². The van der Waals surface area contributed by atoms with Crippen LogP contribution in [0.5, 0.6) is 0 Å². The van der Waals surface area contributed by atoms with Crippen LogP contribution in [0.3, 0.4) is 0 Å². The summed E-state index contributed by atoms with van der Waals surface area (Å²) in [5.74, 6) is 1.66. The first-order valence-corrected chi connectivity index (χ1v) is 8.66. The van der Waals surface area contributed by atoms with Gasteiger partial charge in [-0.25, -0.2) is 0 Å². The second kappa shape index (κ2) is 14.5. The number of nitrogens with one attached hydrogen (secondary N) is 2. The number of guanidine groups is 1. The number of aliphatic hydroxyl groups excluding tert-OH is 1. The Morgan fingerprint density at radius 3 is 2.23 bits per heavy atom. The Labute approximate surface area is 155 Å². The molecule has 4 nitrogen and oxygen atoms in total. The maximum absolute atomic E-state index is 9.28. The molecule has 0 amide bonds. The highest BCUT2D eigenvalue weighted by Crippen LogP contribution is 2.30. The van der Waals surface area contributed by atoms with Crippen LogP contribution in [-0.2, 0) is 0 Å². The molecule has 0 aliphatic heterocycles. The van der Waals surface area contributed by atoms with Crippen molar-refractivity contribution in [3.63, 3.8) is 0 Å². The highest BCUT2D eigenvalue weighted by Gasteiger charge is 2.25. The Kier molecular flexibility index (Phi) is 16.0. The van der Waals surface area contributed by atoms with E-state index in [0.29, 0.717) is 0 Å². The third-order valence-electron chi connectivity index (χ3n) is 4.31. The molecule has 0 saturated carbocycles. The summed E-state index contributed by atoms with van der Waals surface area (Å²) in [7, 11) is 0. The number of nitrogens with zero attached hydrogens (tertiary/aromatic N) is 1. The lowest BCUT2D eigenvalue weighted by molar-refractivity contribution is 0.175. The second-order valence-corrected chi connectivity index (χ2v) is 6.34. The quantitative estimate of drug-likeness (QED) is 0.204. The summed E-state index contributed by atoms with van der Waals surface area (Å²) in [6.45, 7) is 13.9. The first-order chi connectivity index (χ1) is 10.0. The summed E-state index contributed by atoms with van der Waals surface area (Å²) in [6.07, 6.45) is 5.35. The van der Waals surface area contributed by atoms with Crippen LogP contribution >= 0.6 is 24.0 Å². The predicted octanol–water partition coefficient (Wildman–Crippen LogP) is 3.78. The lowest BCUT2D eigenvalue weighted by Gasteiger charge is -2.29. The van der Waals surface area contributed by atoms with E-state index >= 15 is 0 Å². The Morgan fingerprint density at radius 1 is 1.14 bits per heavy atom. The molecule has 0 radical (unpaired) electrons. The molecule has 0 aliphatic rings. The molecule has 0 heterocycles. The lowest BCUT2D eigenvalue weighted by Crippen LogP contribution is -2.39. The Morgan fingerprint density at radius 2 is 1.77 bits per heavy atom. The van der Waals surface area contributed by atoms with E-state index in [1.54, 1.807) is 0 Å². The maximum atomic E-state index is 9.28. The molecule has 0 bridgehead atoms. The van der Waals surface area contributed by atoms with E-state index in [2.05, 4.69) is 45.3 Å². The van der Waals surface area contributed by atoms with Crippen LogP contribution in [-0.4, -0.2) is 37.3 Å². The van der Waals surface area contributed by atoms with Crippen molar-refractivity contribution in [2.45, 2.75) is 66.7 Å². The molecule has 0 aromatic heterocycles. The van der Waals surface area contributed by atoms with Gasteiger partial charge in [0.15, 0.2) is 5.96 Å². The molecule has 0 aromatic carbocycles. The number of hydrogen-bond donors (Lipinski definition) is 3. The van der Waals surface area contributed by atoms with Crippen LogP contribution in [0.4, 0.5) is 0 Å². The van der Waals surface area contributed by atoms with Gasteiger partial charge >= 0.3 is 0 Å². The van der Waals surface area contributed by atoms with Gasteiger partial charge in [-0.2, -0.15) is 0 Å². The average molecular weight is 427 g/mol. The summed E-state index contributed by atoms with van der Waals surface area (Å²) in [5, 5.41) is 16.0. The highest BCUT2D eigenvalue weighted by molar-refractivity contribution is 14.0. The molecule has 0 aliphatic carbocycles. The minimum atomic E-state index is 0. The zero-order chi connectivity index (χ0) is 16.1. The summed E-state index contributed by atoms with van der Waals surface area (Å²) in [6, 6.07) is 0. The van der Waals surface area contributed by atoms with Gasteiger partial charge in [0.1, 0.15) is 0 Å². The summed E-state index contributed by atoms with van der Waals surface area (Å²) in [5.41, 5.74) is 0.134. The van der Waals surface area contributed by atoms with Crippen LogP contribution < -0.4 is 10.6 Å². The van der Waals surface area contributed by atoms with Crippen molar-refractivity contribution < 1.29 is 5.11 Å². The monoisotopic (exact) mass is 427 g/mol. The van der Waals surface area contributed by atoms with Crippen molar-refractivity contribution >= 4 is 29.9 Å². The van der Waals surface area contributed by atoms with Crippen LogP contribution in [0.15, 0.2) is 4.99 Å². The topological polar surface area (TPSA) is 56.7 Å². The fourth-order valence-electron chi connectivity index (χ4n) is 2.45. The van der Waals surface area contributed by atoms with E-state index in [9.17, 15) is 5.11 Å². The predicted molar refractivity (Wildman–Crippen MR) is 108 cm³/mol. The number of aliphatic imine (C=N–C) groups is 1. The normalized spacial score (nSPS) is 12.2. The van der Waals surface area contributed by atoms with E-state index in [4.69, 9.17) is 4.99 Å². The molecule has 0 spiro atoms. The zero-order valence-corrected chi connectivity index (χ0v) is 17.6. The molecule has 134 valence electrons. The molecule has 0 fully saturated rings. The maximum Gasteiger partial charge on any atom is 0.191 e. The Hall–Kier alpha value is -0.0400. The SMILES string of the molecule is CCNC(=NCC(CC)(CC)CCO)NCCCC(C)C.I. The molecule has 0 aromatic rings. The van der Waals surface area contributed by atoms with E-state index in [0.717, 1.165) is 50.8 Å². The van der Waals surface area contributed by atoms with Gasteiger partial charge in [0.25, 0.3) is 0 Å². The second-order valence-electron chi connectivity index (χ2n) is 6.34. The van der Waals surface area contributed by atoms with Crippen molar-refractivity contribution in [2.75, 3.05) is 26.2 Å². The molecular formula is C17H38IN3O. The largest absolute Gasteiger partial charge is 0.396 e. The third kappa shape index (κ3) is 10.6. The molecular weight excluding hydrogens is 389 g/mol. The molecule has 0 saturated heterocycles. The van der Waals surface area contributed by atoms with Crippen LogP contribution in [0.1, 0.15) is 66.7 Å². The fourth-order valence-corrected chi connectivity index (χ4v) is 2.45. The van der Waals surface area contributed by atoms with Gasteiger partial charge in [0.2, 0.25) is 0 Å². The van der Waals surface area contributed by atoms with Crippen LogP contribution in [0.25, 0.3) is 0 Å². The van der Waals surface area contributed by atoms with Crippen molar-refractivity contribution in [1.82, 2.24) is 10.6 Å². The van der Waals surface area contributed by atoms with Crippen molar-refractivity contribution in [3.05, 3.63) is 0 Å². The first-order valence-electron chi connectivity index (χ1n) is 8.66. The van der Waals surface area contributed by atoms with Gasteiger partial charge in [-0.15, -0.1) is 24.0 Å². The third-order valence-corrected chi connectivity index (χ3v) is 4.31. The number of rotatable bonds is 11. The highest BCUT2D eigenvalue weighted by atomic mass is 127. The molecule has 3 N–H and O–H groups in total. The minimum absolute atomic E-state index is 0. The van der Waals surface area contributed by atoms with Crippen molar-refractivity contribution in [3.8, 4) is 0 Å². The Balaban J connectivity index is 0.